The lowest BCUT2D eigenvalue weighted by molar-refractivity contribution is -0.215. The Balaban J connectivity index is 1.30. The van der Waals surface area contributed by atoms with Gasteiger partial charge in [0, 0.05) is 56.6 Å². The van der Waals surface area contributed by atoms with Crippen LogP contribution in [0, 0.1) is 5.92 Å². The van der Waals surface area contributed by atoms with Gasteiger partial charge >= 0.3 is 12.5 Å². The van der Waals surface area contributed by atoms with Crippen molar-refractivity contribution in [2.24, 2.45) is 5.92 Å². The van der Waals surface area contributed by atoms with Crippen molar-refractivity contribution in [2.45, 2.75) is 37.8 Å². The Bertz CT molecular complexity index is 1110. The van der Waals surface area contributed by atoms with Gasteiger partial charge in [-0.1, -0.05) is 0 Å². The summed E-state index contributed by atoms with van der Waals surface area (Å²) in [6.45, 7) is 1.40. The lowest BCUT2D eigenvalue weighted by Gasteiger charge is -2.36. The molecule has 0 aromatic carbocycles. The number of piperazine rings is 1. The molecule has 15 heteroatoms. The van der Waals surface area contributed by atoms with Gasteiger partial charge in [-0.3, -0.25) is 9.59 Å². The molecule has 1 N–H and O–H groups in total. The molecule has 0 bridgehead atoms. The van der Waals surface area contributed by atoms with Crippen molar-refractivity contribution < 1.29 is 31.1 Å². The van der Waals surface area contributed by atoms with Crippen LogP contribution in [0.25, 0.3) is 0 Å². The van der Waals surface area contributed by atoms with Gasteiger partial charge in [0.2, 0.25) is 11.9 Å². The van der Waals surface area contributed by atoms with Crippen molar-refractivity contribution in [1.82, 2.24) is 24.6 Å². The summed E-state index contributed by atoms with van der Waals surface area (Å²) in [7, 11) is 0. The lowest BCUT2D eigenvalue weighted by Crippen LogP contribution is -2.50. The van der Waals surface area contributed by atoms with Gasteiger partial charge in [0.05, 0.1) is 5.56 Å². The Morgan fingerprint density at radius 1 is 0.971 bits per heavy atom. The standard InChI is InChI=1S/C20H21F6N7O2/c21-19(22,23)13-10-27-18(28-11-13)32-7-5-31(6-8-32)17(35)12-1-2-14(9-12)29-15-3-4-16(34)33(30-15)20(24,25)26/h3-4,10-12,14H,1-2,5-9H2,(H,29,30)/t12-,14-/m0/s1. The minimum absolute atomic E-state index is 0.0875. The third-order valence-corrected chi connectivity index (χ3v) is 6.01. The van der Waals surface area contributed by atoms with E-state index >= 15 is 0 Å². The van der Waals surface area contributed by atoms with E-state index in [9.17, 15) is 35.9 Å². The van der Waals surface area contributed by atoms with E-state index in [-0.39, 0.29) is 29.6 Å². The number of nitrogens with one attached hydrogen (secondary N) is 1. The average Bonchev–Trinajstić information content (AvgIpc) is 3.27. The highest BCUT2D eigenvalue weighted by atomic mass is 19.4. The first-order valence-electron chi connectivity index (χ1n) is 10.8. The van der Waals surface area contributed by atoms with E-state index in [0.29, 0.717) is 45.4 Å². The molecule has 2 aromatic heterocycles. The number of hydrogen-bond acceptors (Lipinski definition) is 7. The number of halogens is 6. The van der Waals surface area contributed by atoms with Crippen molar-refractivity contribution in [1.29, 1.82) is 0 Å². The third-order valence-electron chi connectivity index (χ3n) is 6.01. The van der Waals surface area contributed by atoms with E-state index in [1.807, 2.05) is 0 Å². The number of amides is 1. The second kappa shape index (κ2) is 9.34. The van der Waals surface area contributed by atoms with Gasteiger partial charge in [-0.2, -0.15) is 13.2 Å². The van der Waals surface area contributed by atoms with Crippen LogP contribution < -0.4 is 15.8 Å². The molecule has 0 spiro atoms. The van der Waals surface area contributed by atoms with Crippen molar-refractivity contribution in [3.63, 3.8) is 0 Å². The number of carbonyl (C=O) groups excluding carboxylic acids is 1. The van der Waals surface area contributed by atoms with Gasteiger partial charge in [-0.15, -0.1) is 23.0 Å². The van der Waals surface area contributed by atoms with E-state index in [0.717, 1.165) is 18.5 Å². The molecule has 1 aliphatic heterocycles. The van der Waals surface area contributed by atoms with E-state index in [2.05, 4.69) is 20.4 Å². The molecule has 1 amide bonds. The van der Waals surface area contributed by atoms with Crippen LogP contribution in [0.15, 0.2) is 29.3 Å². The molecule has 2 fully saturated rings. The molecule has 35 heavy (non-hydrogen) atoms. The molecule has 2 aliphatic rings. The fourth-order valence-corrected chi connectivity index (χ4v) is 4.23. The minimum atomic E-state index is -4.93. The Morgan fingerprint density at radius 3 is 2.23 bits per heavy atom. The fraction of sp³-hybridized carbons (Fsp3) is 0.550. The van der Waals surface area contributed by atoms with Gasteiger partial charge in [0.1, 0.15) is 5.82 Å². The predicted octanol–water partition coefficient (Wildman–Crippen LogP) is 2.46. The summed E-state index contributed by atoms with van der Waals surface area (Å²) in [5.41, 5.74) is -2.23. The molecule has 1 saturated carbocycles. The Kier molecular flexibility index (Phi) is 6.60. The van der Waals surface area contributed by atoms with E-state index in [1.54, 1.807) is 9.80 Å². The summed E-state index contributed by atoms with van der Waals surface area (Å²) in [6.07, 6.45) is -6.53. The number of aromatic nitrogens is 4. The van der Waals surface area contributed by atoms with Gasteiger partial charge in [0.15, 0.2) is 0 Å². The Hall–Kier alpha value is -3.39. The maximum absolute atomic E-state index is 12.9. The molecule has 2 aromatic rings. The van der Waals surface area contributed by atoms with E-state index < -0.39 is 28.3 Å². The molecule has 2 atom stereocenters. The maximum Gasteiger partial charge on any atom is 0.507 e. The molecule has 0 radical (unpaired) electrons. The summed E-state index contributed by atoms with van der Waals surface area (Å²) in [6, 6.07) is 1.67. The SMILES string of the molecule is O=C([C@H]1CC[C@H](Nc2ccc(=O)n(C(F)(F)F)n2)C1)N1CCN(c2ncc(C(F)(F)F)cn2)CC1. The highest BCUT2D eigenvalue weighted by Crippen LogP contribution is 2.31. The van der Waals surface area contributed by atoms with Crippen molar-refractivity contribution >= 4 is 17.7 Å². The van der Waals surface area contributed by atoms with Gasteiger partial charge < -0.3 is 15.1 Å². The predicted molar refractivity (Wildman–Crippen MR) is 110 cm³/mol. The van der Waals surface area contributed by atoms with Crippen LogP contribution in [0.3, 0.4) is 0 Å². The summed E-state index contributed by atoms with van der Waals surface area (Å²) in [4.78, 5) is 35.2. The summed E-state index contributed by atoms with van der Waals surface area (Å²) in [5, 5.41) is 6.18. The molecule has 1 saturated heterocycles. The van der Waals surface area contributed by atoms with E-state index in [4.69, 9.17) is 0 Å². The number of hydrogen-bond donors (Lipinski definition) is 1. The molecular weight excluding hydrogens is 484 g/mol. The van der Waals surface area contributed by atoms with Gasteiger partial charge in [0.25, 0.3) is 5.56 Å². The zero-order valence-corrected chi connectivity index (χ0v) is 18.2. The molecular formula is C20H21F6N7O2. The Morgan fingerprint density at radius 2 is 1.63 bits per heavy atom. The zero-order valence-electron chi connectivity index (χ0n) is 18.2. The monoisotopic (exact) mass is 505 g/mol. The van der Waals surface area contributed by atoms with Crippen LogP contribution in [0.1, 0.15) is 24.8 Å². The average molecular weight is 505 g/mol. The number of carbonyl (C=O) groups is 1. The van der Waals surface area contributed by atoms with Crippen LogP contribution in [0.2, 0.25) is 0 Å². The minimum Gasteiger partial charge on any atom is -0.366 e. The second-order valence-corrected chi connectivity index (χ2v) is 8.37. The molecule has 1 aliphatic carbocycles. The third kappa shape index (κ3) is 5.65. The van der Waals surface area contributed by atoms with Crippen LogP contribution in [0.4, 0.5) is 38.1 Å². The summed E-state index contributed by atoms with van der Waals surface area (Å²) in [5.74, 6) is -0.362. The first-order chi connectivity index (χ1) is 16.4. The molecule has 4 rings (SSSR count). The molecule has 9 nitrogen and oxygen atoms in total. The molecule has 3 heterocycles. The number of anilines is 2. The second-order valence-electron chi connectivity index (χ2n) is 8.37. The van der Waals surface area contributed by atoms with Gasteiger partial charge in [-0.25, -0.2) is 9.97 Å². The quantitative estimate of drug-likeness (QED) is 0.638. The van der Waals surface area contributed by atoms with Crippen molar-refractivity contribution in [3.8, 4) is 0 Å². The van der Waals surface area contributed by atoms with Crippen molar-refractivity contribution in [3.05, 3.63) is 40.4 Å². The van der Waals surface area contributed by atoms with Crippen LogP contribution in [0.5, 0.6) is 0 Å². The number of nitrogens with zero attached hydrogens (tertiary/aromatic N) is 6. The van der Waals surface area contributed by atoms with Crippen molar-refractivity contribution in [2.75, 3.05) is 36.4 Å². The maximum atomic E-state index is 12.9. The number of rotatable bonds is 4. The van der Waals surface area contributed by atoms with Gasteiger partial charge in [-0.05, 0) is 25.3 Å². The molecule has 0 unspecified atom stereocenters. The smallest absolute Gasteiger partial charge is 0.366 e. The highest BCUT2D eigenvalue weighted by molar-refractivity contribution is 5.79. The first-order valence-corrected chi connectivity index (χ1v) is 10.8. The van der Waals surface area contributed by atoms with Crippen LogP contribution in [-0.2, 0) is 17.3 Å². The highest BCUT2D eigenvalue weighted by Gasteiger charge is 2.36. The fourth-order valence-electron chi connectivity index (χ4n) is 4.23. The van der Waals surface area contributed by atoms with Crippen LogP contribution in [-0.4, -0.2) is 62.8 Å². The largest absolute Gasteiger partial charge is 0.507 e. The van der Waals surface area contributed by atoms with Crippen LogP contribution >= 0.6 is 0 Å². The first kappa shape index (κ1) is 24.7. The zero-order chi connectivity index (χ0) is 25.4. The lowest BCUT2D eigenvalue weighted by atomic mass is 10.1. The van der Waals surface area contributed by atoms with E-state index in [1.165, 1.54) is 6.07 Å². The summed E-state index contributed by atoms with van der Waals surface area (Å²) >= 11 is 0. The molecule has 190 valence electrons. The number of alkyl halides is 6. The normalized spacial score (nSPS) is 21.3. The Labute approximate surface area is 194 Å². The summed E-state index contributed by atoms with van der Waals surface area (Å²) < 4.78 is 76.1. The topological polar surface area (TPSA) is 96.2 Å².